The predicted octanol–water partition coefficient (Wildman–Crippen LogP) is 3.34. The van der Waals surface area contributed by atoms with Crippen LogP contribution in [0.5, 0.6) is 5.75 Å². The summed E-state index contributed by atoms with van der Waals surface area (Å²) in [6, 6.07) is 14.2. The Hall–Kier alpha value is -3.06. The Kier molecular flexibility index (Phi) is 7.52. The number of nitrogens with one attached hydrogen (secondary N) is 1. The first-order valence-electron chi connectivity index (χ1n) is 10.1. The van der Waals surface area contributed by atoms with Gasteiger partial charge >= 0.3 is 5.97 Å². The Balaban J connectivity index is 1.51. The second-order valence-corrected chi connectivity index (χ2v) is 7.69. The van der Waals surface area contributed by atoms with Gasteiger partial charge in [-0.1, -0.05) is 23.7 Å². The highest BCUT2D eigenvalue weighted by Crippen LogP contribution is 2.27. The van der Waals surface area contributed by atoms with Crippen LogP contribution in [0.15, 0.2) is 48.5 Å². The zero-order valence-electron chi connectivity index (χ0n) is 17.5. The van der Waals surface area contributed by atoms with Crippen LogP contribution < -0.4 is 15.0 Å². The fraction of sp³-hybridized carbons (Fsp3) is 0.348. The molecule has 0 spiro atoms. The fourth-order valence-corrected chi connectivity index (χ4v) is 3.39. The van der Waals surface area contributed by atoms with Gasteiger partial charge in [0.1, 0.15) is 5.75 Å². The minimum atomic E-state index is -0.963. The van der Waals surface area contributed by atoms with Crippen molar-refractivity contribution in [2.45, 2.75) is 32.9 Å². The molecule has 1 aliphatic heterocycles. The van der Waals surface area contributed by atoms with E-state index in [2.05, 4.69) is 5.32 Å². The number of amides is 2. The molecule has 0 radical (unpaired) electrons. The monoisotopic (exact) mass is 444 g/mol. The lowest BCUT2D eigenvalue weighted by molar-refractivity contribution is -0.158. The number of esters is 1. The first kappa shape index (κ1) is 22.6. The quantitative estimate of drug-likeness (QED) is 0.631. The lowest BCUT2D eigenvalue weighted by Crippen LogP contribution is -2.37. The van der Waals surface area contributed by atoms with Crippen molar-refractivity contribution in [3.63, 3.8) is 0 Å². The minimum absolute atomic E-state index is 0.0468. The number of hydrogen-bond donors (Lipinski definition) is 1. The van der Waals surface area contributed by atoms with E-state index in [4.69, 9.17) is 21.1 Å². The highest BCUT2D eigenvalue weighted by Gasteiger charge is 2.37. The molecule has 8 heteroatoms. The van der Waals surface area contributed by atoms with Gasteiger partial charge in [0, 0.05) is 30.2 Å². The lowest BCUT2D eigenvalue weighted by Gasteiger charge is -2.18. The van der Waals surface area contributed by atoms with Gasteiger partial charge in [-0.3, -0.25) is 14.4 Å². The van der Waals surface area contributed by atoms with Crippen LogP contribution in [0.25, 0.3) is 0 Å². The van der Waals surface area contributed by atoms with E-state index in [1.807, 2.05) is 6.92 Å². The molecule has 2 atom stereocenters. The maximum atomic E-state index is 12.5. The van der Waals surface area contributed by atoms with E-state index in [9.17, 15) is 14.4 Å². The summed E-state index contributed by atoms with van der Waals surface area (Å²) in [4.78, 5) is 38.7. The van der Waals surface area contributed by atoms with Gasteiger partial charge in [-0.05, 0) is 55.8 Å². The topological polar surface area (TPSA) is 84.9 Å². The molecule has 7 nitrogen and oxygen atoms in total. The summed E-state index contributed by atoms with van der Waals surface area (Å²) in [5, 5.41) is 3.34. The third-order valence-corrected chi connectivity index (χ3v) is 5.21. The predicted molar refractivity (Wildman–Crippen MR) is 117 cm³/mol. The molecule has 3 rings (SSSR count). The van der Waals surface area contributed by atoms with E-state index in [1.165, 1.54) is 6.92 Å². The largest absolute Gasteiger partial charge is 0.494 e. The SMILES string of the molecule is CCOc1ccc(N2CC(C(=O)OC(C)C(=O)NCc3ccc(Cl)cc3)CC2=O)cc1. The highest BCUT2D eigenvalue weighted by molar-refractivity contribution is 6.30. The number of benzene rings is 2. The van der Waals surface area contributed by atoms with Crippen LogP contribution in [0.1, 0.15) is 25.8 Å². The van der Waals surface area contributed by atoms with Crippen LogP contribution in [0, 0.1) is 5.92 Å². The number of ether oxygens (including phenoxy) is 2. The molecule has 1 aliphatic rings. The Morgan fingerprint density at radius 2 is 1.84 bits per heavy atom. The standard InChI is InChI=1S/C23H25ClN2O5/c1-3-30-20-10-8-19(9-11-20)26-14-17(12-21(26)27)23(29)31-15(2)22(28)25-13-16-4-6-18(24)7-5-16/h4-11,15,17H,3,12-14H2,1-2H3,(H,25,28). The zero-order chi connectivity index (χ0) is 22.4. The summed E-state index contributed by atoms with van der Waals surface area (Å²) >= 11 is 5.85. The molecule has 164 valence electrons. The van der Waals surface area contributed by atoms with Gasteiger partial charge in [-0.15, -0.1) is 0 Å². The van der Waals surface area contributed by atoms with Gasteiger partial charge in [-0.2, -0.15) is 0 Å². The molecule has 0 aromatic heterocycles. The smallest absolute Gasteiger partial charge is 0.312 e. The molecule has 1 saturated heterocycles. The number of anilines is 1. The van der Waals surface area contributed by atoms with Crippen LogP contribution in [0.3, 0.4) is 0 Å². The number of carbonyl (C=O) groups excluding carboxylic acids is 3. The normalized spacial score (nSPS) is 16.7. The van der Waals surface area contributed by atoms with Gasteiger partial charge in [0.25, 0.3) is 5.91 Å². The molecule has 31 heavy (non-hydrogen) atoms. The summed E-state index contributed by atoms with van der Waals surface area (Å²) in [5.41, 5.74) is 1.57. The number of nitrogens with zero attached hydrogens (tertiary/aromatic N) is 1. The third kappa shape index (κ3) is 5.98. The van der Waals surface area contributed by atoms with Crippen molar-refractivity contribution in [2.75, 3.05) is 18.1 Å². The first-order chi connectivity index (χ1) is 14.9. The van der Waals surface area contributed by atoms with Crippen molar-refractivity contribution in [3.8, 4) is 5.75 Å². The summed E-state index contributed by atoms with van der Waals surface area (Å²) in [7, 11) is 0. The zero-order valence-corrected chi connectivity index (χ0v) is 18.2. The second kappa shape index (κ2) is 10.3. The van der Waals surface area contributed by atoms with Crippen LogP contribution >= 0.6 is 11.6 Å². The lowest BCUT2D eigenvalue weighted by atomic mass is 10.1. The van der Waals surface area contributed by atoms with Crippen LogP contribution in [-0.4, -0.2) is 37.0 Å². The average Bonchev–Trinajstić information content (AvgIpc) is 3.15. The molecule has 2 amide bonds. The number of halogens is 1. The third-order valence-electron chi connectivity index (χ3n) is 4.96. The maximum absolute atomic E-state index is 12.5. The molecule has 0 bridgehead atoms. The van der Waals surface area contributed by atoms with Crippen molar-refractivity contribution in [3.05, 3.63) is 59.1 Å². The second-order valence-electron chi connectivity index (χ2n) is 7.26. The molecule has 2 aromatic rings. The first-order valence-corrected chi connectivity index (χ1v) is 10.5. The van der Waals surface area contributed by atoms with Crippen LogP contribution in [0.4, 0.5) is 5.69 Å². The van der Waals surface area contributed by atoms with Gasteiger partial charge in [0.05, 0.1) is 12.5 Å². The van der Waals surface area contributed by atoms with E-state index in [-0.39, 0.29) is 18.9 Å². The van der Waals surface area contributed by atoms with E-state index < -0.39 is 23.9 Å². The van der Waals surface area contributed by atoms with Crippen LogP contribution in [-0.2, 0) is 25.7 Å². The van der Waals surface area contributed by atoms with Crippen molar-refractivity contribution in [1.29, 1.82) is 0 Å². The van der Waals surface area contributed by atoms with Gasteiger partial charge in [0.15, 0.2) is 6.10 Å². The molecule has 0 aliphatic carbocycles. The molecule has 2 aromatic carbocycles. The van der Waals surface area contributed by atoms with Gasteiger partial charge in [0.2, 0.25) is 5.91 Å². The number of carbonyl (C=O) groups is 3. The molecule has 2 unspecified atom stereocenters. The Morgan fingerprint density at radius 3 is 2.48 bits per heavy atom. The highest BCUT2D eigenvalue weighted by atomic mass is 35.5. The van der Waals surface area contributed by atoms with E-state index in [1.54, 1.807) is 53.4 Å². The summed E-state index contributed by atoms with van der Waals surface area (Å²) in [6.07, 6.45) is -0.917. The average molecular weight is 445 g/mol. The number of hydrogen-bond acceptors (Lipinski definition) is 5. The van der Waals surface area contributed by atoms with Crippen molar-refractivity contribution < 1.29 is 23.9 Å². The van der Waals surface area contributed by atoms with Crippen LogP contribution in [0.2, 0.25) is 5.02 Å². The van der Waals surface area contributed by atoms with Gasteiger partial charge < -0.3 is 19.7 Å². The molecule has 0 saturated carbocycles. The van der Waals surface area contributed by atoms with Crippen molar-refractivity contribution >= 4 is 35.1 Å². The summed E-state index contributed by atoms with van der Waals surface area (Å²) < 4.78 is 10.7. The minimum Gasteiger partial charge on any atom is -0.494 e. The van der Waals surface area contributed by atoms with E-state index >= 15 is 0 Å². The molecule has 1 fully saturated rings. The van der Waals surface area contributed by atoms with E-state index in [0.717, 1.165) is 5.56 Å². The van der Waals surface area contributed by atoms with Crippen molar-refractivity contribution in [2.24, 2.45) is 5.92 Å². The van der Waals surface area contributed by atoms with Crippen molar-refractivity contribution in [1.82, 2.24) is 5.32 Å². The Bertz CT molecular complexity index is 930. The molecular weight excluding hydrogens is 420 g/mol. The summed E-state index contributed by atoms with van der Waals surface area (Å²) in [6.45, 7) is 4.47. The summed E-state index contributed by atoms with van der Waals surface area (Å²) in [5.74, 6) is -1.03. The molecule has 1 N–H and O–H groups in total. The van der Waals surface area contributed by atoms with E-state index in [0.29, 0.717) is 29.6 Å². The Morgan fingerprint density at radius 1 is 1.16 bits per heavy atom. The van der Waals surface area contributed by atoms with Gasteiger partial charge in [-0.25, -0.2) is 0 Å². The molecule has 1 heterocycles. The number of rotatable bonds is 8. The Labute approximate surface area is 186 Å². The fourth-order valence-electron chi connectivity index (χ4n) is 3.26. The maximum Gasteiger partial charge on any atom is 0.312 e. The molecular formula is C23H25ClN2O5.